The van der Waals surface area contributed by atoms with E-state index in [-0.39, 0.29) is 5.75 Å². The van der Waals surface area contributed by atoms with Crippen LogP contribution < -0.4 is 10.1 Å². The third-order valence-corrected chi connectivity index (χ3v) is 4.91. The van der Waals surface area contributed by atoms with E-state index in [1.54, 1.807) is 30.6 Å². The molecule has 0 saturated carbocycles. The molecule has 1 atom stereocenters. The van der Waals surface area contributed by atoms with Gasteiger partial charge in [0, 0.05) is 10.4 Å². The average molecular weight is 290 g/mol. The molecule has 0 radical (unpaired) electrons. The number of nitrogens with zero attached hydrogens (tertiary/aromatic N) is 1. The van der Waals surface area contributed by atoms with Crippen LogP contribution in [0, 0.1) is 0 Å². The number of rotatable bonds is 3. The lowest BCUT2D eigenvalue weighted by molar-refractivity contribution is 0.373. The zero-order valence-corrected chi connectivity index (χ0v) is 12.5. The monoisotopic (exact) mass is 290 g/mol. The molecule has 0 fully saturated rings. The van der Waals surface area contributed by atoms with Gasteiger partial charge in [0.2, 0.25) is 0 Å². The highest BCUT2D eigenvalue weighted by Crippen LogP contribution is 2.39. The third-order valence-electron chi connectivity index (χ3n) is 3.73. The third kappa shape index (κ3) is 2.27. The number of aromatic hydroxyl groups is 1. The molecule has 5 heteroatoms. The molecular weight excluding hydrogens is 272 g/mol. The predicted molar refractivity (Wildman–Crippen MR) is 80.5 cm³/mol. The van der Waals surface area contributed by atoms with E-state index in [9.17, 15) is 5.11 Å². The molecular formula is C15H18N2O2S. The summed E-state index contributed by atoms with van der Waals surface area (Å²) >= 11 is 1.73. The fourth-order valence-electron chi connectivity index (χ4n) is 2.65. The molecule has 2 N–H and O–H groups in total. The zero-order valence-electron chi connectivity index (χ0n) is 11.6. The lowest BCUT2D eigenvalue weighted by Crippen LogP contribution is -2.21. The summed E-state index contributed by atoms with van der Waals surface area (Å²) in [5, 5.41) is 14.2. The van der Waals surface area contributed by atoms with Gasteiger partial charge in [0.05, 0.1) is 18.8 Å². The SMILES string of the molecule is CNC1CCCc2sc(-c3ccc(OC)c(O)c3)nc21. The standard InChI is InChI=1S/C15H18N2O2S/c1-16-10-4-3-5-13-14(10)17-15(20-13)9-6-7-12(19-2)11(18)8-9/h6-8,10,16,18H,3-5H2,1-2H3. The van der Waals surface area contributed by atoms with Crippen molar-refractivity contribution in [3.63, 3.8) is 0 Å². The molecule has 1 heterocycles. The van der Waals surface area contributed by atoms with Gasteiger partial charge in [-0.05, 0) is 44.5 Å². The molecule has 106 valence electrons. The molecule has 0 saturated heterocycles. The van der Waals surface area contributed by atoms with Crippen molar-refractivity contribution in [2.24, 2.45) is 0 Å². The number of benzene rings is 1. The van der Waals surface area contributed by atoms with Gasteiger partial charge in [-0.3, -0.25) is 0 Å². The number of nitrogens with one attached hydrogen (secondary N) is 1. The van der Waals surface area contributed by atoms with Crippen LogP contribution in [0.4, 0.5) is 0 Å². The Bertz CT molecular complexity index is 624. The minimum Gasteiger partial charge on any atom is -0.504 e. The van der Waals surface area contributed by atoms with Crippen LogP contribution in [0.3, 0.4) is 0 Å². The number of thiazole rings is 1. The van der Waals surface area contributed by atoms with E-state index in [0.29, 0.717) is 11.8 Å². The lowest BCUT2D eigenvalue weighted by atomic mass is 9.98. The lowest BCUT2D eigenvalue weighted by Gasteiger charge is -2.19. The fraction of sp³-hybridized carbons (Fsp3) is 0.400. The zero-order chi connectivity index (χ0) is 14.1. The Labute approximate surface area is 122 Å². The summed E-state index contributed by atoms with van der Waals surface area (Å²) in [5.74, 6) is 0.645. The van der Waals surface area contributed by atoms with Crippen LogP contribution >= 0.6 is 11.3 Å². The molecule has 4 nitrogen and oxygen atoms in total. The van der Waals surface area contributed by atoms with E-state index < -0.39 is 0 Å². The average Bonchev–Trinajstić information content (AvgIpc) is 2.91. The minimum atomic E-state index is 0.156. The van der Waals surface area contributed by atoms with Crippen molar-refractivity contribution in [1.29, 1.82) is 0 Å². The van der Waals surface area contributed by atoms with Gasteiger partial charge in [0.1, 0.15) is 5.01 Å². The molecule has 1 aromatic heterocycles. The van der Waals surface area contributed by atoms with E-state index in [0.717, 1.165) is 23.4 Å². The molecule has 2 aromatic rings. The van der Waals surface area contributed by atoms with Crippen molar-refractivity contribution >= 4 is 11.3 Å². The first-order valence-electron chi connectivity index (χ1n) is 6.77. The Balaban J connectivity index is 1.99. The number of phenolic OH excluding ortho intramolecular Hbond substituents is 1. The Morgan fingerprint density at radius 2 is 2.30 bits per heavy atom. The maximum Gasteiger partial charge on any atom is 0.160 e. The summed E-state index contributed by atoms with van der Waals surface area (Å²) < 4.78 is 5.07. The fourth-order valence-corrected chi connectivity index (χ4v) is 3.81. The quantitative estimate of drug-likeness (QED) is 0.912. The van der Waals surface area contributed by atoms with Crippen LogP contribution in [-0.4, -0.2) is 24.2 Å². The van der Waals surface area contributed by atoms with E-state index in [1.807, 2.05) is 13.1 Å². The normalized spacial score (nSPS) is 17.8. The van der Waals surface area contributed by atoms with Gasteiger partial charge in [0.15, 0.2) is 11.5 Å². The first kappa shape index (κ1) is 13.4. The Morgan fingerprint density at radius 3 is 3.00 bits per heavy atom. The largest absolute Gasteiger partial charge is 0.504 e. The van der Waals surface area contributed by atoms with E-state index in [1.165, 1.54) is 17.0 Å². The molecule has 0 amide bonds. The first-order chi connectivity index (χ1) is 9.72. The second kappa shape index (κ2) is 5.42. The molecule has 1 aliphatic carbocycles. The van der Waals surface area contributed by atoms with Crippen molar-refractivity contribution in [3.8, 4) is 22.1 Å². The second-order valence-electron chi connectivity index (χ2n) is 4.95. The molecule has 1 aromatic carbocycles. The maximum absolute atomic E-state index is 9.89. The van der Waals surface area contributed by atoms with Gasteiger partial charge in [0.25, 0.3) is 0 Å². The number of ether oxygens (including phenoxy) is 1. The maximum atomic E-state index is 9.89. The molecule has 0 spiro atoms. The first-order valence-corrected chi connectivity index (χ1v) is 7.59. The number of methoxy groups -OCH3 is 1. The van der Waals surface area contributed by atoms with Crippen LogP contribution in [0.5, 0.6) is 11.5 Å². The molecule has 0 aliphatic heterocycles. The highest BCUT2D eigenvalue weighted by atomic mass is 32.1. The summed E-state index contributed by atoms with van der Waals surface area (Å²) in [6.45, 7) is 0. The van der Waals surface area contributed by atoms with Gasteiger partial charge in [-0.15, -0.1) is 11.3 Å². The molecule has 1 unspecified atom stereocenters. The van der Waals surface area contributed by atoms with Crippen molar-refractivity contribution in [1.82, 2.24) is 10.3 Å². The van der Waals surface area contributed by atoms with Crippen LogP contribution in [0.25, 0.3) is 10.6 Å². The highest BCUT2D eigenvalue weighted by molar-refractivity contribution is 7.15. The number of aryl methyl sites for hydroxylation is 1. The van der Waals surface area contributed by atoms with Crippen molar-refractivity contribution in [3.05, 3.63) is 28.8 Å². The second-order valence-corrected chi connectivity index (χ2v) is 6.03. The molecule has 20 heavy (non-hydrogen) atoms. The summed E-state index contributed by atoms with van der Waals surface area (Å²) in [4.78, 5) is 6.14. The van der Waals surface area contributed by atoms with Crippen molar-refractivity contribution in [2.45, 2.75) is 25.3 Å². The number of phenols is 1. The van der Waals surface area contributed by atoms with Gasteiger partial charge >= 0.3 is 0 Å². The van der Waals surface area contributed by atoms with Crippen LogP contribution in [0.2, 0.25) is 0 Å². The Kier molecular flexibility index (Phi) is 3.63. The highest BCUT2D eigenvalue weighted by Gasteiger charge is 2.24. The minimum absolute atomic E-state index is 0.156. The number of fused-ring (bicyclic) bond motifs is 1. The summed E-state index contributed by atoms with van der Waals surface area (Å²) in [6.07, 6.45) is 3.45. The Hall–Kier alpha value is -1.59. The molecule has 3 rings (SSSR count). The van der Waals surface area contributed by atoms with Gasteiger partial charge in [-0.2, -0.15) is 0 Å². The van der Waals surface area contributed by atoms with E-state index in [4.69, 9.17) is 9.72 Å². The number of aromatic nitrogens is 1. The smallest absolute Gasteiger partial charge is 0.160 e. The molecule has 0 bridgehead atoms. The van der Waals surface area contributed by atoms with Crippen LogP contribution in [0.15, 0.2) is 18.2 Å². The molecule has 1 aliphatic rings. The topological polar surface area (TPSA) is 54.4 Å². The van der Waals surface area contributed by atoms with Crippen LogP contribution in [0.1, 0.15) is 29.5 Å². The van der Waals surface area contributed by atoms with Crippen molar-refractivity contribution < 1.29 is 9.84 Å². The van der Waals surface area contributed by atoms with Gasteiger partial charge in [-0.1, -0.05) is 0 Å². The number of hydrogen-bond acceptors (Lipinski definition) is 5. The van der Waals surface area contributed by atoms with Crippen LogP contribution in [-0.2, 0) is 6.42 Å². The van der Waals surface area contributed by atoms with Gasteiger partial charge < -0.3 is 15.2 Å². The number of hydrogen-bond donors (Lipinski definition) is 2. The predicted octanol–water partition coefficient (Wildman–Crippen LogP) is 3.12. The Morgan fingerprint density at radius 1 is 1.45 bits per heavy atom. The van der Waals surface area contributed by atoms with Crippen molar-refractivity contribution in [2.75, 3.05) is 14.2 Å². The summed E-state index contributed by atoms with van der Waals surface area (Å²) in [6, 6.07) is 5.80. The summed E-state index contributed by atoms with van der Waals surface area (Å²) in [7, 11) is 3.53. The van der Waals surface area contributed by atoms with E-state index in [2.05, 4.69) is 5.32 Å². The van der Waals surface area contributed by atoms with E-state index >= 15 is 0 Å². The summed E-state index contributed by atoms with van der Waals surface area (Å²) in [5.41, 5.74) is 2.12. The van der Waals surface area contributed by atoms with Gasteiger partial charge in [-0.25, -0.2) is 4.98 Å².